The Labute approximate surface area is 147 Å². The lowest BCUT2D eigenvalue weighted by molar-refractivity contribution is -0.139. The fourth-order valence-corrected chi connectivity index (χ4v) is 4.34. The summed E-state index contributed by atoms with van der Waals surface area (Å²) in [5, 5.41) is 0. The average Bonchev–Trinajstić information content (AvgIpc) is 2.63. The van der Waals surface area contributed by atoms with Crippen molar-refractivity contribution in [2.24, 2.45) is 5.92 Å². The van der Waals surface area contributed by atoms with Crippen molar-refractivity contribution >= 4 is 5.91 Å². The fraction of sp³-hybridized carbons (Fsp3) is 0.667. The third kappa shape index (κ3) is 4.38. The van der Waals surface area contributed by atoms with Gasteiger partial charge in [-0.05, 0) is 63.1 Å². The van der Waals surface area contributed by atoms with Crippen LogP contribution in [0.2, 0.25) is 0 Å². The Bertz CT molecular complexity index is 506. The van der Waals surface area contributed by atoms with Crippen molar-refractivity contribution in [1.82, 2.24) is 9.80 Å². The molecule has 1 amide bonds. The van der Waals surface area contributed by atoms with E-state index in [-0.39, 0.29) is 6.04 Å². The van der Waals surface area contributed by atoms with Gasteiger partial charge in [0.05, 0.1) is 6.04 Å². The number of benzene rings is 1. The van der Waals surface area contributed by atoms with Crippen LogP contribution in [-0.2, 0) is 11.2 Å². The molecule has 2 aliphatic heterocycles. The van der Waals surface area contributed by atoms with Gasteiger partial charge in [-0.25, -0.2) is 0 Å². The van der Waals surface area contributed by atoms with Gasteiger partial charge in [0.25, 0.3) is 0 Å². The van der Waals surface area contributed by atoms with Crippen molar-refractivity contribution in [2.75, 3.05) is 26.2 Å². The SMILES string of the molecule is CCCN1CCCCC1C(=O)N1CCC(Cc2ccccc2)CC1. The quantitative estimate of drug-likeness (QED) is 0.822. The lowest BCUT2D eigenvalue weighted by Gasteiger charge is -2.40. The number of hydrogen-bond donors (Lipinski definition) is 0. The predicted molar refractivity (Wildman–Crippen MR) is 99.0 cm³/mol. The normalized spacial score (nSPS) is 23.4. The third-order valence-corrected chi connectivity index (χ3v) is 5.70. The number of piperidine rings is 2. The molecular weight excluding hydrogens is 296 g/mol. The smallest absolute Gasteiger partial charge is 0.239 e. The molecule has 0 N–H and O–H groups in total. The molecule has 1 aromatic carbocycles. The number of carbonyl (C=O) groups is 1. The third-order valence-electron chi connectivity index (χ3n) is 5.70. The number of hydrogen-bond acceptors (Lipinski definition) is 2. The van der Waals surface area contributed by atoms with Crippen LogP contribution in [0.3, 0.4) is 0 Å². The van der Waals surface area contributed by atoms with Crippen molar-refractivity contribution in [3.05, 3.63) is 35.9 Å². The molecule has 3 heteroatoms. The molecule has 0 spiro atoms. The van der Waals surface area contributed by atoms with E-state index in [9.17, 15) is 4.79 Å². The maximum absolute atomic E-state index is 13.0. The van der Waals surface area contributed by atoms with E-state index >= 15 is 0 Å². The molecule has 0 radical (unpaired) electrons. The van der Waals surface area contributed by atoms with E-state index in [1.807, 2.05) is 0 Å². The van der Waals surface area contributed by atoms with Gasteiger partial charge in [0, 0.05) is 13.1 Å². The van der Waals surface area contributed by atoms with Crippen LogP contribution in [0, 0.1) is 5.92 Å². The Morgan fingerprint density at radius 1 is 1.04 bits per heavy atom. The van der Waals surface area contributed by atoms with Gasteiger partial charge < -0.3 is 4.90 Å². The maximum Gasteiger partial charge on any atom is 0.239 e. The molecule has 2 saturated heterocycles. The minimum atomic E-state index is 0.157. The summed E-state index contributed by atoms with van der Waals surface area (Å²) in [5.41, 5.74) is 1.43. The molecule has 3 nitrogen and oxygen atoms in total. The lowest BCUT2D eigenvalue weighted by Crippen LogP contribution is -2.52. The summed E-state index contributed by atoms with van der Waals surface area (Å²) in [4.78, 5) is 17.6. The second-order valence-electron chi connectivity index (χ2n) is 7.51. The largest absolute Gasteiger partial charge is 0.341 e. The number of rotatable bonds is 5. The first-order valence-electron chi connectivity index (χ1n) is 9.84. The van der Waals surface area contributed by atoms with Gasteiger partial charge in [0.2, 0.25) is 5.91 Å². The van der Waals surface area contributed by atoms with Crippen molar-refractivity contribution < 1.29 is 4.79 Å². The number of carbonyl (C=O) groups excluding carboxylic acids is 1. The Kier molecular flexibility index (Phi) is 6.30. The predicted octanol–water partition coefficient (Wildman–Crippen LogP) is 3.73. The molecule has 1 atom stereocenters. The van der Waals surface area contributed by atoms with Crippen LogP contribution in [0.5, 0.6) is 0 Å². The molecule has 24 heavy (non-hydrogen) atoms. The van der Waals surface area contributed by atoms with Gasteiger partial charge in [0.1, 0.15) is 0 Å². The summed E-state index contributed by atoms with van der Waals surface area (Å²) in [6.45, 7) is 6.29. The van der Waals surface area contributed by atoms with Gasteiger partial charge in [-0.2, -0.15) is 0 Å². The first-order valence-corrected chi connectivity index (χ1v) is 9.84. The number of amides is 1. The van der Waals surface area contributed by atoms with E-state index in [1.165, 1.54) is 18.4 Å². The van der Waals surface area contributed by atoms with Gasteiger partial charge in [-0.3, -0.25) is 9.69 Å². The monoisotopic (exact) mass is 328 g/mol. The maximum atomic E-state index is 13.0. The fourth-order valence-electron chi connectivity index (χ4n) is 4.34. The van der Waals surface area contributed by atoms with Crippen LogP contribution in [0.1, 0.15) is 51.0 Å². The van der Waals surface area contributed by atoms with Gasteiger partial charge in [0.15, 0.2) is 0 Å². The summed E-state index contributed by atoms with van der Waals surface area (Å²) in [5.74, 6) is 1.14. The molecule has 1 aromatic rings. The van der Waals surface area contributed by atoms with E-state index in [0.717, 1.165) is 64.2 Å². The molecule has 3 rings (SSSR count). The van der Waals surface area contributed by atoms with Crippen LogP contribution < -0.4 is 0 Å². The summed E-state index contributed by atoms with van der Waals surface area (Å²) in [6, 6.07) is 10.9. The van der Waals surface area contributed by atoms with Gasteiger partial charge >= 0.3 is 0 Å². The molecule has 0 aromatic heterocycles. The zero-order valence-electron chi connectivity index (χ0n) is 15.1. The number of likely N-dealkylation sites (tertiary alicyclic amines) is 2. The molecule has 0 saturated carbocycles. The van der Waals surface area contributed by atoms with E-state index in [4.69, 9.17) is 0 Å². The van der Waals surface area contributed by atoms with Gasteiger partial charge in [-0.15, -0.1) is 0 Å². The lowest BCUT2D eigenvalue weighted by atomic mass is 9.89. The van der Waals surface area contributed by atoms with E-state index in [0.29, 0.717) is 5.91 Å². The molecule has 2 heterocycles. The summed E-state index contributed by atoms with van der Waals surface area (Å²) in [7, 11) is 0. The van der Waals surface area contributed by atoms with Crippen LogP contribution in [0.25, 0.3) is 0 Å². The van der Waals surface area contributed by atoms with Crippen molar-refractivity contribution in [3.63, 3.8) is 0 Å². The van der Waals surface area contributed by atoms with Crippen molar-refractivity contribution in [3.8, 4) is 0 Å². The molecule has 0 aliphatic carbocycles. The summed E-state index contributed by atoms with van der Waals surface area (Å²) >= 11 is 0. The van der Waals surface area contributed by atoms with Crippen molar-refractivity contribution in [1.29, 1.82) is 0 Å². The Balaban J connectivity index is 1.51. The molecule has 0 bridgehead atoms. The highest BCUT2D eigenvalue weighted by Crippen LogP contribution is 2.25. The zero-order chi connectivity index (χ0) is 16.8. The summed E-state index contributed by atoms with van der Waals surface area (Å²) < 4.78 is 0. The molecule has 1 unspecified atom stereocenters. The van der Waals surface area contributed by atoms with Crippen LogP contribution in [0.4, 0.5) is 0 Å². The van der Waals surface area contributed by atoms with Gasteiger partial charge in [-0.1, -0.05) is 43.7 Å². The van der Waals surface area contributed by atoms with E-state index in [2.05, 4.69) is 47.1 Å². The minimum absolute atomic E-state index is 0.157. The minimum Gasteiger partial charge on any atom is -0.341 e. The highest BCUT2D eigenvalue weighted by molar-refractivity contribution is 5.82. The molecule has 132 valence electrons. The molecular formula is C21H32N2O. The topological polar surface area (TPSA) is 23.6 Å². The van der Waals surface area contributed by atoms with E-state index < -0.39 is 0 Å². The second-order valence-corrected chi connectivity index (χ2v) is 7.51. The van der Waals surface area contributed by atoms with Crippen LogP contribution in [0.15, 0.2) is 30.3 Å². The Hall–Kier alpha value is -1.35. The Morgan fingerprint density at radius 3 is 2.50 bits per heavy atom. The first-order chi connectivity index (χ1) is 11.8. The van der Waals surface area contributed by atoms with Crippen LogP contribution >= 0.6 is 0 Å². The second kappa shape index (κ2) is 8.66. The highest BCUT2D eigenvalue weighted by atomic mass is 16.2. The highest BCUT2D eigenvalue weighted by Gasteiger charge is 2.33. The number of nitrogens with zero attached hydrogens (tertiary/aromatic N) is 2. The molecule has 2 aliphatic rings. The Morgan fingerprint density at radius 2 is 1.79 bits per heavy atom. The van der Waals surface area contributed by atoms with Crippen molar-refractivity contribution in [2.45, 2.75) is 57.9 Å². The summed E-state index contributed by atoms with van der Waals surface area (Å²) in [6.07, 6.45) is 8.13. The molecule has 2 fully saturated rings. The zero-order valence-corrected chi connectivity index (χ0v) is 15.1. The van der Waals surface area contributed by atoms with E-state index in [1.54, 1.807) is 0 Å². The average molecular weight is 329 g/mol. The first kappa shape index (κ1) is 17.5. The standard InChI is InChI=1S/C21H32N2O/c1-2-13-22-14-7-6-10-20(22)21(24)23-15-11-19(12-16-23)17-18-8-4-3-5-9-18/h3-5,8-9,19-20H,2,6-7,10-17H2,1H3. The van der Waals surface area contributed by atoms with Crippen LogP contribution in [-0.4, -0.2) is 47.9 Å².